The number of carbonyl (C=O) groups excluding carboxylic acids is 3. The third-order valence-corrected chi connectivity index (χ3v) is 4.83. The predicted molar refractivity (Wildman–Crippen MR) is 118 cm³/mol. The van der Waals surface area contributed by atoms with Crippen molar-refractivity contribution in [3.63, 3.8) is 0 Å². The van der Waals surface area contributed by atoms with Crippen LogP contribution in [0.25, 0.3) is 10.8 Å². The molecule has 0 saturated heterocycles. The maximum Gasteiger partial charge on any atom is 0.290 e. The van der Waals surface area contributed by atoms with Gasteiger partial charge in [0.2, 0.25) is 11.8 Å². The van der Waals surface area contributed by atoms with Crippen molar-refractivity contribution in [3.8, 4) is 0 Å². The maximum absolute atomic E-state index is 12.7. The molecule has 9 heteroatoms. The lowest BCUT2D eigenvalue weighted by Crippen LogP contribution is -2.42. The molecule has 0 unspecified atom stereocenters. The summed E-state index contributed by atoms with van der Waals surface area (Å²) >= 11 is 0. The summed E-state index contributed by atoms with van der Waals surface area (Å²) in [4.78, 5) is 48.2. The van der Waals surface area contributed by atoms with Crippen molar-refractivity contribution in [2.45, 2.75) is 65.3 Å². The van der Waals surface area contributed by atoms with Crippen LogP contribution >= 0.6 is 0 Å². The minimum Gasteiger partial charge on any atom is -0.356 e. The summed E-state index contributed by atoms with van der Waals surface area (Å²) < 4.78 is 1.32. The van der Waals surface area contributed by atoms with Gasteiger partial charge in [0.25, 0.3) is 11.5 Å². The summed E-state index contributed by atoms with van der Waals surface area (Å²) in [6.07, 6.45) is 5.24. The Hall–Kier alpha value is -3.23. The van der Waals surface area contributed by atoms with Gasteiger partial charge in [0, 0.05) is 31.8 Å². The topological polar surface area (TPSA) is 122 Å². The normalized spacial score (nSPS) is 10.6. The Morgan fingerprint density at radius 3 is 2.42 bits per heavy atom. The second-order valence-corrected chi connectivity index (χ2v) is 7.43. The summed E-state index contributed by atoms with van der Waals surface area (Å²) in [5, 5.41) is 7.84. The van der Waals surface area contributed by atoms with Crippen molar-refractivity contribution in [1.29, 1.82) is 0 Å². The number of rotatable bonds is 11. The minimum absolute atomic E-state index is 0.0710. The van der Waals surface area contributed by atoms with E-state index in [1.807, 2.05) is 0 Å². The van der Waals surface area contributed by atoms with Gasteiger partial charge in [-0.15, -0.1) is 0 Å². The number of aryl methyl sites for hydroxylation is 1. The van der Waals surface area contributed by atoms with Gasteiger partial charge in [-0.3, -0.25) is 30.0 Å². The van der Waals surface area contributed by atoms with Crippen LogP contribution in [-0.2, 0) is 16.1 Å². The average Bonchev–Trinajstić information content (AvgIpc) is 2.76. The number of hydrogen-bond acceptors (Lipinski definition) is 5. The van der Waals surface area contributed by atoms with Gasteiger partial charge in [0.05, 0.1) is 5.39 Å². The number of benzene rings is 1. The largest absolute Gasteiger partial charge is 0.356 e. The second kappa shape index (κ2) is 12.5. The first-order chi connectivity index (χ1) is 14.9. The van der Waals surface area contributed by atoms with E-state index < -0.39 is 5.91 Å². The highest BCUT2D eigenvalue weighted by Gasteiger charge is 2.17. The Morgan fingerprint density at radius 1 is 0.968 bits per heavy atom. The molecule has 3 amide bonds. The van der Waals surface area contributed by atoms with Gasteiger partial charge in [-0.05, 0) is 25.3 Å². The third-order valence-electron chi connectivity index (χ3n) is 4.83. The van der Waals surface area contributed by atoms with Gasteiger partial charge in [-0.1, -0.05) is 44.4 Å². The van der Waals surface area contributed by atoms with Gasteiger partial charge in [-0.25, -0.2) is 4.68 Å². The van der Waals surface area contributed by atoms with E-state index in [0.717, 1.165) is 32.1 Å². The standard InChI is InChI=1S/C22H31N5O4/c1-3-4-10-15-27-22(31)18-12-8-7-11-17(18)20(26-27)21(30)25-24-19(29)13-6-5-9-14-23-16(2)28/h7-8,11-12H,3-6,9-10,13-15H2,1-2H3,(H,23,28)(H,24,29)(H,25,30). The predicted octanol–water partition coefficient (Wildman–Crippen LogP) is 2.04. The molecule has 1 heterocycles. The highest BCUT2D eigenvalue weighted by molar-refractivity contribution is 6.05. The number of unbranched alkanes of at least 4 members (excludes halogenated alkanes) is 4. The van der Waals surface area contributed by atoms with E-state index in [4.69, 9.17) is 0 Å². The molecule has 0 aliphatic rings. The van der Waals surface area contributed by atoms with Crippen LogP contribution in [0.2, 0.25) is 0 Å². The number of fused-ring (bicyclic) bond motifs is 1. The molecule has 0 atom stereocenters. The molecule has 9 nitrogen and oxygen atoms in total. The van der Waals surface area contributed by atoms with E-state index >= 15 is 0 Å². The van der Waals surface area contributed by atoms with Crippen LogP contribution in [-0.4, -0.2) is 34.0 Å². The van der Waals surface area contributed by atoms with Gasteiger partial charge < -0.3 is 5.32 Å². The zero-order valence-electron chi connectivity index (χ0n) is 18.2. The van der Waals surface area contributed by atoms with Crippen LogP contribution in [0.5, 0.6) is 0 Å². The molecule has 1 aromatic heterocycles. The smallest absolute Gasteiger partial charge is 0.290 e. The maximum atomic E-state index is 12.7. The molecule has 3 N–H and O–H groups in total. The Balaban J connectivity index is 1.97. The highest BCUT2D eigenvalue weighted by atomic mass is 16.2. The van der Waals surface area contributed by atoms with Crippen molar-refractivity contribution >= 4 is 28.5 Å². The number of hydrazine groups is 1. The Labute approximate surface area is 181 Å². The molecular weight excluding hydrogens is 398 g/mol. The van der Waals surface area contributed by atoms with Crippen molar-refractivity contribution in [1.82, 2.24) is 25.9 Å². The summed E-state index contributed by atoms with van der Waals surface area (Å²) in [5.74, 6) is -0.953. The second-order valence-electron chi connectivity index (χ2n) is 7.43. The molecule has 1 aromatic carbocycles. The first-order valence-corrected chi connectivity index (χ1v) is 10.8. The fraction of sp³-hybridized carbons (Fsp3) is 0.500. The van der Waals surface area contributed by atoms with Crippen LogP contribution in [0.4, 0.5) is 0 Å². The lowest BCUT2D eigenvalue weighted by molar-refractivity contribution is -0.122. The fourth-order valence-electron chi connectivity index (χ4n) is 3.17. The Morgan fingerprint density at radius 2 is 1.71 bits per heavy atom. The first kappa shape index (κ1) is 24.0. The molecule has 0 bridgehead atoms. The van der Waals surface area contributed by atoms with Crippen LogP contribution < -0.4 is 21.7 Å². The zero-order chi connectivity index (χ0) is 22.6. The molecule has 2 rings (SSSR count). The minimum atomic E-state index is -0.570. The third kappa shape index (κ3) is 7.51. The summed E-state index contributed by atoms with van der Waals surface area (Å²) in [6.45, 7) is 4.55. The quantitative estimate of drug-likeness (QED) is 0.373. The number of carbonyl (C=O) groups is 3. The number of nitrogens with one attached hydrogen (secondary N) is 3. The van der Waals surface area contributed by atoms with Crippen molar-refractivity contribution < 1.29 is 14.4 Å². The van der Waals surface area contributed by atoms with E-state index in [9.17, 15) is 19.2 Å². The van der Waals surface area contributed by atoms with Crippen LogP contribution in [0.3, 0.4) is 0 Å². The Bertz CT molecular complexity index is 970. The molecule has 168 valence electrons. The first-order valence-electron chi connectivity index (χ1n) is 10.8. The van der Waals surface area contributed by atoms with Crippen LogP contribution in [0, 0.1) is 0 Å². The monoisotopic (exact) mass is 429 g/mol. The van der Waals surface area contributed by atoms with E-state index in [2.05, 4.69) is 28.2 Å². The SMILES string of the molecule is CCCCCn1nc(C(=O)NNC(=O)CCCCCNC(C)=O)c2ccccc2c1=O. The van der Waals surface area contributed by atoms with Crippen LogP contribution in [0.1, 0.15) is 69.3 Å². The molecule has 0 aliphatic carbocycles. The summed E-state index contributed by atoms with van der Waals surface area (Å²) in [5.41, 5.74) is 4.67. The number of nitrogens with zero attached hydrogens (tertiary/aromatic N) is 2. The molecule has 31 heavy (non-hydrogen) atoms. The number of aromatic nitrogens is 2. The zero-order valence-corrected chi connectivity index (χ0v) is 18.2. The van der Waals surface area contributed by atoms with Crippen molar-refractivity contribution in [2.75, 3.05) is 6.54 Å². The number of hydrogen-bond donors (Lipinski definition) is 3. The van der Waals surface area contributed by atoms with Gasteiger partial charge in [-0.2, -0.15) is 5.10 Å². The van der Waals surface area contributed by atoms with Gasteiger partial charge >= 0.3 is 0 Å². The van der Waals surface area contributed by atoms with Gasteiger partial charge in [0.15, 0.2) is 5.69 Å². The molecular formula is C22H31N5O4. The fourth-order valence-corrected chi connectivity index (χ4v) is 3.17. The van der Waals surface area contributed by atoms with E-state index in [0.29, 0.717) is 30.3 Å². The Kier molecular flexibility index (Phi) is 9.67. The van der Waals surface area contributed by atoms with Crippen molar-refractivity contribution in [3.05, 3.63) is 40.3 Å². The van der Waals surface area contributed by atoms with Gasteiger partial charge in [0.1, 0.15) is 0 Å². The molecule has 0 fully saturated rings. The van der Waals surface area contributed by atoms with Crippen molar-refractivity contribution in [2.24, 2.45) is 0 Å². The number of amides is 3. The van der Waals surface area contributed by atoms with E-state index in [-0.39, 0.29) is 29.5 Å². The highest BCUT2D eigenvalue weighted by Crippen LogP contribution is 2.13. The summed E-state index contributed by atoms with van der Waals surface area (Å²) in [6, 6.07) is 6.83. The molecule has 0 saturated carbocycles. The molecule has 0 aliphatic heterocycles. The average molecular weight is 430 g/mol. The molecule has 0 radical (unpaired) electrons. The lowest BCUT2D eigenvalue weighted by Gasteiger charge is -2.12. The molecule has 2 aromatic rings. The molecule has 0 spiro atoms. The lowest BCUT2D eigenvalue weighted by atomic mass is 10.1. The summed E-state index contributed by atoms with van der Waals surface area (Å²) in [7, 11) is 0. The van der Waals surface area contributed by atoms with E-state index in [1.165, 1.54) is 11.6 Å². The van der Waals surface area contributed by atoms with E-state index in [1.54, 1.807) is 24.3 Å². The van der Waals surface area contributed by atoms with Crippen LogP contribution in [0.15, 0.2) is 29.1 Å².